The van der Waals surface area contributed by atoms with Crippen LogP contribution < -0.4 is 10.2 Å². The highest BCUT2D eigenvalue weighted by Gasteiger charge is 2.27. The molecule has 0 saturated heterocycles. The van der Waals surface area contributed by atoms with Gasteiger partial charge >= 0.3 is 0 Å². The first-order chi connectivity index (χ1) is 16.3. The molecule has 0 saturated carbocycles. The van der Waals surface area contributed by atoms with Crippen LogP contribution in [-0.4, -0.2) is 38.0 Å². The molecule has 178 valence electrons. The lowest BCUT2D eigenvalue weighted by Gasteiger charge is -2.22. The van der Waals surface area contributed by atoms with E-state index in [1.807, 2.05) is 19.9 Å². The van der Waals surface area contributed by atoms with Gasteiger partial charge in [-0.3, -0.25) is 4.79 Å². The van der Waals surface area contributed by atoms with Crippen LogP contribution in [0.25, 0.3) is 0 Å². The minimum atomic E-state index is -4.09. The zero-order valence-corrected chi connectivity index (χ0v) is 19.8. The molecule has 3 rings (SSSR count). The van der Waals surface area contributed by atoms with E-state index in [1.54, 1.807) is 36.4 Å². The molecule has 0 aliphatic carbocycles. The zero-order valence-electron chi connectivity index (χ0n) is 18.9. The van der Waals surface area contributed by atoms with Crippen LogP contribution in [0.3, 0.4) is 0 Å². The highest BCUT2D eigenvalue weighted by molar-refractivity contribution is 7.89. The number of carbonyl (C=O) groups excluding carboxylic acids is 1. The van der Waals surface area contributed by atoms with Gasteiger partial charge in [-0.05, 0) is 44.2 Å². The Balaban J connectivity index is 1.80. The van der Waals surface area contributed by atoms with Crippen LogP contribution in [-0.2, 0) is 21.4 Å². The fourth-order valence-electron chi connectivity index (χ4n) is 3.15. The summed E-state index contributed by atoms with van der Waals surface area (Å²) in [5.74, 6) is -0.624. The van der Waals surface area contributed by atoms with E-state index >= 15 is 0 Å². The first kappa shape index (κ1) is 25.1. The fraction of sp³-hybridized carbons (Fsp3) is 0.200. The number of nitrogens with zero attached hydrogens (tertiary/aromatic N) is 2. The molecule has 1 N–H and O–H groups in total. The first-order valence-corrected chi connectivity index (χ1v) is 12.1. The number of halogens is 1. The van der Waals surface area contributed by atoms with Gasteiger partial charge in [0, 0.05) is 17.7 Å². The summed E-state index contributed by atoms with van der Waals surface area (Å²) in [6.45, 7) is 3.30. The molecular weight excluding hydrogens is 457 g/mol. The van der Waals surface area contributed by atoms with E-state index in [0.29, 0.717) is 17.9 Å². The van der Waals surface area contributed by atoms with Crippen molar-refractivity contribution >= 4 is 22.1 Å². The van der Waals surface area contributed by atoms with Crippen LogP contribution in [0, 0.1) is 12.7 Å². The van der Waals surface area contributed by atoms with Gasteiger partial charge in [-0.2, -0.15) is 9.41 Å². The third-order valence-corrected chi connectivity index (χ3v) is 6.70. The zero-order chi connectivity index (χ0) is 24.6. The highest BCUT2D eigenvalue weighted by atomic mass is 32.2. The van der Waals surface area contributed by atoms with Crippen molar-refractivity contribution < 1.29 is 22.3 Å². The van der Waals surface area contributed by atoms with Crippen LogP contribution in [0.2, 0.25) is 0 Å². The summed E-state index contributed by atoms with van der Waals surface area (Å²) in [5.41, 5.74) is 4.03. The minimum absolute atomic E-state index is 0.0105. The predicted octanol–water partition coefficient (Wildman–Crippen LogP) is 3.87. The van der Waals surface area contributed by atoms with Crippen molar-refractivity contribution in [3.05, 3.63) is 95.3 Å². The van der Waals surface area contributed by atoms with E-state index in [-0.39, 0.29) is 17.0 Å². The van der Waals surface area contributed by atoms with Crippen LogP contribution in [0.1, 0.15) is 23.6 Å². The number of carbonyl (C=O) groups is 1. The number of aryl methyl sites for hydroxylation is 1. The molecule has 3 aromatic rings. The molecule has 0 aliphatic rings. The van der Waals surface area contributed by atoms with Crippen LogP contribution in [0.5, 0.6) is 5.75 Å². The van der Waals surface area contributed by atoms with Crippen molar-refractivity contribution in [2.24, 2.45) is 5.10 Å². The van der Waals surface area contributed by atoms with Gasteiger partial charge in [0.25, 0.3) is 5.91 Å². The first-order valence-electron chi connectivity index (χ1n) is 10.6. The number of amides is 1. The molecular formula is C25H26FN3O4S. The number of hydrogen-bond donors (Lipinski definition) is 1. The number of hydrazone groups is 1. The van der Waals surface area contributed by atoms with Crippen molar-refractivity contribution in [3.63, 3.8) is 0 Å². The Labute approximate surface area is 198 Å². The Hall–Kier alpha value is -3.56. The van der Waals surface area contributed by atoms with Crippen LogP contribution in [0.4, 0.5) is 4.39 Å². The Bertz CT molecular complexity index is 1260. The van der Waals surface area contributed by atoms with Crippen LogP contribution >= 0.6 is 0 Å². The number of nitrogens with one attached hydrogen (secondary N) is 1. The second-order valence-electron chi connectivity index (χ2n) is 7.44. The summed E-state index contributed by atoms with van der Waals surface area (Å²) in [6, 6.07) is 19.2. The van der Waals surface area contributed by atoms with Gasteiger partial charge in [0.05, 0.1) is 24.3 Å². The van der Waals surface area contributed by atoms with Gasteiger partial charge in [0.2, 0.25) is 10.0 Å². The van der Waals surface area contributed by atoms with Crippen molar-refractivity contribution in [3.8, 4) is 5.75 Å². The summed E-state index contributed by atoms with van der Waals surface area (Å²) >= 11 is 0. The third-order valence-electron chi connectivity index (χ3n) is 4.89. The van der Waals surface area contributed by atoms with E-state index in [4.69, 9.17) is 4.74 Å². The number of ether oxygens (including phenoxy) is 1. The predicted molar refractivity (Wildman–Crippen MR) is 129 cm³/mol. The summed E-state index contributed by atoms with van der Waals surface area (Å²) < 4.78 is 47.3. The van der Waals surface area contributed by atoms with Crippen LogP contribution in [0.15, 0.2) is 82.8 Å². The number of sulfonamides is 1. The molecule has 1 amide bonds. The molecule has 0 aromatic heterocycles. The largest absolute Gasteiger partial charge is 0.493 e. The smallest absolute Gasteiger partial charge is 0.255 e. The van der Waals surface area contributed by atoms with Gasteiger partial charge in [-0.15, -0.1) is 0 Å². The molecule has 34 heavy (non-hydrogen) atoms. The van der Waals surface area contributed by atoms with Gasteiger partial charge < -0.3 is 4.74 Å². The quantitative estimate of drug-likeness (QED) is 0.350. The number of hydrogen-bond acceptors (Lipinski definition) is 5. The fourth-order valence-corrected chi connectivity index (χ4v) is 4.52. The Morgan fingerprint density at radius 2 is 1.74 bits per heavy atom. The summed E-state index contributed by atoms with van der Waals surface area (Å²) in [4.78, 5) is 12.6. The lowest BCUT2D eigenvalue weighted by molar-refractivity contribution is -0.121. The molecule has 7 nitrogen and oxygen atoms in total. The highest BCUT2D eigenvalue weighted by Crippen LogP contribution is 2.20. The summed E-state index contributed by atoms with van der Waals surface area (Å²) in [6.07, 6.45) is 1.42. The SMILES string of the molecule is CCOc1ccccc1/C=N\NC(=O)CN(Cc1ccccc1F)S(=O)(=O)c1ccc(C)cc1. The van der Waals surface area contributed by atoms with Crippen molar-refractivity contribution in [1.29, 1.82) is 0 Å². The van der Waals surface area contributed by atoms with E-state index in [2.05, 4.69) is 10.5 Å². The molecule has 0 radical (unpaired) electrons. The number of benzene rings is 3. The van der Waals surface area contributed by atoms with E-state index in [0.717, 1.165) is 9.87 Å². The van der Waals surface area contributed by atoms with Crippen molar-refractivity contribution in [2.75, 3.05) is 13.2 Å². The van der Waals surface area contributed by atoms with Crippen molar-refractivity contribution in [2.45, 2.75) is 25.3 Å². The van der Waals surface area contributed by atoms with Gasteiger partial charge in [0.1, 0.15) is 11.6 Å². The van der Waals surface area contributed by atoms with Gasteiger partial charge in [-0.25, -0.2) is 18.2 Å². The number of rotatable bonds is 10. The van der Waals surface area contributed by atoms with Crippen molar-refractivity contribution in [1.82, 2.24) is 9.73 Å². The molecule has 0 bridgehead atoms. The Kier molecular flexibility index (Phi) is 8.50. The normalized spacial score (nSPS) is 11.6. The average Bonchev–Trinajstić information content (AvgIpc) is 2.81. The maximum Gasteiger partial charge on any atom is 0.255 e. The molecule has 0 heterocycles. The molecule has 0 aliphatic heterocycles. The molecule has 0 fully saturated rings. The van der Waals surface area contributed by atoms with Gasteiger partial charge in [0.15, 0.2) is 0 Å². The Morgan fingerprint density at radius 3 is 2.44 bits per heavy atom. The summed E-state index contributed by atoms with van der Waals surface area (Å²) in [5, 5.41) is 3.93. The standard InChI is InChI=1S/C25H26FN3O4S/c1-3-33-24-11-7-5-8-20(24)16-27-28-25(30)18-29(17-21-9-4-6-10-23(21)26)34(31,32)22-14-12-19(2)13-15-22/h4-16H,3,17-18H2,1-2H3,(H,28,30)/b27-16-. The molecule has 0 atom stereocenters. The lowest BCUT2D eigenvalue weighted by atomic mass is 10.2. The molecule has 0 unspecified atom stereocenters. The summed E-state index contributed by atoms with van der Waals surface area (Å²) in [7, 11) is -4.09. The maximum absolute atomic E-state index is 14.3. The molecule has 0 spiro atoms. The monoisotopic (exact) mass is 483 g/mol. The second-order valence-corrected chi connectivity index (χ2v) is 9.38. The van der Waals surface area contributed by atoms with E-state index < -0.39 is 28.3 Å². The topological polar surface area (TPSA) is 88.1 Å². The minimum Gasteiger partial charge on any atom is -0.493 e. The Morgan fingerprint density at radius 1 is 1.06 bits per heavy atom. The average molecular weight is 484 g/mol. The second kappa shape index (κ2) is 11.5. The number of para-hydroxylation sites is 1. The van der Waals surface area contributed by atoms with Gasteiger partial charge in [-0.1, -0.05) is 48.0 Å². The lowest BCUT2D eigenvalue weighted by Crippen LogP contribution is -2.39. The molecule has 9 heteroatoms. The third kappa shape index (κ3) is 6.49. The maximum atomic E-state index is 14.3. The van der Waals surface area contributed by atoms with E-state index in [1.165, 1.54) is 36.5 Å². The molecule has 3 aromatic carbocycles. The van der Waals surface area contributed by atoms with E-state index in [9.17, 15) is 17.6 Å².